The van der Waals surface area contributed by atoms with Crippen LogP contribution in [0, 0.1) is 11.3 Å². The van der Waals surface area contributed by atoms with Gasteiger partial charge in [-0.1, -0.05) is 41.9 Å². The Morgan fingerprint density at radius 1 is 1.18 bits per heavy atom. The van der Waals surface area contributed by atoms with Gasteiger partial charge in [-0.15, -0.1) is 0 Å². The van der Waals surface area contributed by atoms with Crippen LogP contribution in [0.1, 0.15) is 43.4 Å². The summed E-state index contributed by atoms with van der Waals surface area (Å²) in [5.74, 6) is -1.06. The molecule has 1 heterocycles. The zero-order valence-corrected chi connectivity index (χ0v) is 20.3. The number of nitrogens with one attached hydrogen (secondary N) is 1. The number of carbonyl (C=O) groups is 1. The first kappa shape index (κ1) is 24.6. The molecular weight excluding hydrogens is 456 g/mol. The van der Waals surface area contributed by atoms with Gasteiger partial charge in [0.2, 0.25) is 0 Å². The molecule has 0 spiro atoms. The van der Waals surface area contributed by atoms with Crippen molar-refractivity contribution < 1.29 is 23.7 Å². The monoisotopic (exact) mass is 484 g/mol. The lowest BCUT2D eigenvalue weighted by Gasteiger charge is -2.43. The smallest absolute Gasteiger partial charge is 0.252 e. The Bertz CT molecular complexity index is 1080. The van der Waals surface area contributed by atoms with E-state index in [1.165, 1.54) is 0 Å². The van der Waals surface area contributed by atoms with Gasteiger partial charge in [-0.3, -0.25) is 4.79 Å². The van der Waals surface area contributed by atoms with Crippen LogP contribution in [-0.4, -0.2) is 42.7 Å². The van der Waals surface area contributed by atoms with Crippen molar-refractivity contribution in [3.63, 3.8) is 0 Å². The van der Waals surface area contributed by atoms with Gasteiger partial charge < -0.3 is 24.3 Å². The van der Waals surface area contributed by atoms with Crippen molar-refractivity contribution >= 4 is 17.5 Å². The summed E-state index contributed by atoms with van der Waals surface area (Å²) in [6, 6.07) is 16.8. The number of amides is 1. The number of hydrogen-bond donors (Lipinski definition) is 1. The molecule has 2 aromatic rings. The molecule has 1 aliphatic heterocycles. The van der Waals surface area contributed by atoms with E-state index < -0.39 is 23.6 Å². The van der Waals surface area contributed by atoms with Gasteiger partial charge in [0.15, 0.2) is 11.4 Å². The Kier molecular flexibility index (Phi) is 7.27. The standard InChI is InChI=1S/C26H29ClN2O5/c1-25(2)33-22-13-26(24(30)29-3,32-15-17-7-6-10-20(27)11-17)12-21(23(22)34-25)31-16-19-9-5-4-8-18(19)14-28/h4-11,21-23H,12-13,15-16H2,1-3H3,(H,29,30)/t21?,22-,23+,26-/m1/s1. The number of rotatable bonds is 7. The summed E-state index contributed by atoms with van der Waals surface area (Å²) >= 11 is 6.13. The molecule has 1 aliphatic carbocycles. The van der Waals surface area contributed by atoms with E-state index in [2.05, 4.69) is 11.4 Å². The normalized spacial score (nSPS) is 27.6. The van der Waals surface area contributed by atoms with E-state index in [0.717, 1.165) is 11.1 Å². The largest absolute Gasteiger partial charge is 0.371 e. The summed E-state index contributed by atoms with van der Waals surface area (Å²) in [6.07, 6.45) is -0.629. The number of carbonyl (C=O) groups excluding carboxylic acids is 1. The van der Waals surface area contributed by atoms with Crippen LogP contribution in [0.2, 0.25) is 5.02 Å². The Hall–Kier alpha value is -2.47. The van der Waals surface area contributed by atoms with E-state index in [-0.39, 0.29) is 31.6 Å². The van der Waals surface area contributed by atoms with E-state index in [9.17, 15) is 10.1 Å². The van der Waals surface area contributed by atoms with Crippen LogP contribution in [0.15, 0.2) is 48.5 Å². The van der Waals surface area contributed by atoms with Crippen LogP contribution in [0.3, 0.4) is 0 Å². The number of fused-ring (bicyclic) bond motifs is 1. The molecular formula is C26H29ClN2O5. The quantitative estimate of drug-likeness (QED) is 0.636. The average molecular weight is 485 g/mol. The van der Waals surface area contributed by atoms with Crippen LogP contribution in [0.5, 0.6) is 0 Å². The molecule has 4 atom stereocenters. The lowest BCUT2D eigenvalue weighted by molar-refractivity contribution is -0.183. The number of benzene rings is 2. The van der Waals surface area contributed by atoms with Crippen molar-refractivity contribution in [1.29, 1.82) is 5.26 Å². The fourth-order valence-corrected chi connectivity index (χ4v) is 4.95. The average Bonchev–Trinajstić information content (AvgIpc) is 3.14. The van der Waals surface area contributed by atoms with Gasteiger partial charge in [-0.2, -0.15) is 5.26 Å². The van der Waals surface area contributed by atoms with Gasteiger partial charge in [0.05, 0.1) is 37.1 Å². The first-order valence-electron chi connectivity index (χ1n) is 11.3. The third-order valence-electron chi connectivity index (χ3n) is 6.29. The molecule has 0 radical (unpaired) electrons. The second kappa shape index (κ2) is 10.0. The maximum Gasteiger partial charge on any atom is 0.252 e. The van der Waals surface area contributed by atoms with Gasteiger partial charge in [0.25, 0.3) is 5.91 Å². The molecule has 1 saturated carbocycles. The molecule has 0 bridgehead atoms. The molecule has 34 heavy (non-hydrogen) atoms. The van der Waals surface area contributed by atoms with Crippen molar-refractivity contribution in [3.8, 4) is 6.07 Å². The molecule has 1 unspecified atom stereocenters. The topological polar surface area (TPSA) is 89.8 Å². The number of ether oxygens (including phenoxy) is 4. The fraction of sp³-hybridized carbons (Fsp3) is 0.462. The molecule has 2 fully saturated rings. The Morgan fingerprint density at radius 3 is 2.71 bits per heavy atom. The minimum Gasteiger partial charge on any atom is -0.371 e. The fourth-order valence-electron chi connectivity index (χ4n) is 4.74. The van der Waals surface area contributed by atoms with Crippen LogP contribution in [0.4, 0.5) is 0 Å². The summed E-state index contributed by atoms with van der Waals surface area (Å²) in [5, 5.41) is 12.8. The van der Waals surface area contributed by atoms with Crippen molar-refractivity contribution in [2.24, 2.45) is 0 Å². The minimum absolute atomic E-state index is 0.208. The van der Waals surface area contributed by atoms with Crippen LogP contribution in [-0.2, 0) is 37.0 Å². The molecule has 2 aromatic carbocycles. The third-order valence-corrected chi connectivity index (χ3v) is 6.52. The predicted molar refractivity (Wildman–Crippen MR) is 126 cm³/mol. The Morgan fingerprint density at radius 2 is 1.97 bits per heavy atom. The molecule has 8 heteroatoms. The van der Waals surface area contributed by atoms with Gasteiger partial charge in [0, 0.05) is 24.9 Å². The highest BCUT2D eigenvalue weighted by Crippen LogP contribution is 2.44. The lowest BCUT2D eigenvalue weighted by Crippen LogP contribution is -2.59. The highest BCUT2D eigenvalue weighted by molar-refractivity contribution is 6.30. The van der Waals surface area contributed by atoms with Crippen LogP contribution < -0.4 is 5.32 Å². The van der Waals surface area contributed by atoms with E-state index in [0.29, 0.717) is 17.0 Å². The molecule has 180 valence electrons. The summed E-state index contributed by atoms with van der Waals surface area (Å²) in [4.78, 5) is 13.2. The summed E-state index contributed by atoms with van der Waals surface area (Å²) in [7, 11) is 1.59. The van der Waals surface area contributed by atoms with E-state index in [4.69, 9.17) is 30.5 Å². The maximum absolute atomic E-state index is 13.2. The molecule has 1 N–H and O–H groups in total. The van der Waals surface area contributed by atoms with Crippen LogP contribution >= 0.6 is 11.6 Å². The number of likely N-dealkylation sites (N-methyl/N-ethyl adjacent to an activating group) is 1. The Balaban J connectivity index is 1.60. The van der Waals surface area contributed by atoms with Crippen molar-refractivity contribution in [2.45, 2.75) is 69.6 Å². The van der Waals surface area contributed by atoms with Crippen molar-refractivity contribution in [3.05, 3.63) is 70.2 Å². The minimum atomic E-state index is -1.18. The lowest BCUT2D eigenvalue weighted by atomic mass is 9.78. The van der Waals surface area contributed by atoms with E-state index in [1.807, 2.05) is 50.2 Å². The molecule has 4 rings (SSSR count). The number of halogens is 1. The molecule has 1 amide bonds. The van der Waals surface area contributed by atoms with Crippen molar-refractivity contribution in [1.82, 2.24) is 5.32 Å². The molecule has 2 aliphatic rings. The summed E-state index contributed by atoms with van der Waals surface area (Å²) in [5.41, 5.74) is 1.01. The van der Waals surface area contributed by atoms with Gasteiger partial charge in [-0.05, 0) is 43.2 Å². The maximum atomic E-state index is 13.2. The molecule has 1 saturated heterocycles. The SMILES string of the molecule is CNC(=O)[C@@]1(OCc2cccc(Cl)c2)CC(OCc2ccccc2C#N)[C@@H]2OC(C)(C)O[C@@H]2C1. The second-order valence-electron chi connectivity index (χ2n) is 9.16. The highest BCUT2D eigenvalue weighted by Gasteiger charge is 2.57. The number of nitriles is 1. The van der Waals surface area contributed by atoms with Crippen molar-refractivity contribution in [2.75, 3.05) is 7.05 Å². The second-order valence-corrected chi connectivity index (χ2v) is 9.59. The predicted octanol–water partition coefficient (Wildman–Crippen LogP) is 4.11. The molecule has 7 nitrogen and oxygen atoms in total. The van der Waals surface area contributed by atoms with Gasteiger partial charge in [-0.25, -0.2) is 0 Å². The van der Waals surface area contributed by atoms with E-state index in [1.54, 1.807) is 19.2 Å². The summed E-state index contributed by atoms with van der Waals surface area (Å²) < 4.78 is 25.0. The number of hydrogen-bond acceptors (Lipinski definition) is 6. The zero-order valence-electron chi connectivity index (χ0n) is 19.5. The molecule has 0 aromatic heterocycles. The van der Waals surface area contributed by atoms with Gasteiger partial charge in [0.1, 0.15) is 6.10 Å². The number of nitrogens with zero attached hydrogens (tertiary/aromatic N) is 1. The first-order valence-corrected chi connectivity index (χ1v) is 11.7. The van der Waals surface area contributed by atoms with E-state index >= 15 is 0 Å². The third kappa shape index (κ3) is 5.27. The van der Waals surface area contributed by atoms with Crippen LogP contribution in [0.25, 0.3) is 0 Å². The summed E-state index contributed by atoms with van der Waals surface area (Å²) in [6.45, 7) is 4.11. The zero-order chi connectivity index (χ0) is 24.3. The Labute approximate surface area is 204 Å². The highest BCUT2D eigenvalue weighted by atomic mass is 35.5. The van der Waals surface area contributed by atoms with Gasteiger partial charge >= 0.3 is 0 Å². The first-order chi connectivity index (χ1) is 16.2.